The number of hydrogen-bond acceptors (Lipinski definition) is 1. The minimum Gasteiger partial charge on any atom is -0.308 e. The van der Waals surface area contributed by atoms with Crippen molar-refractivity contribution < 1.29 is 13.2 Å². The molecule has 4 heteroatoms. The second kappa shape index (κ2) is 6.94. The highest BCUT2D eigenvalue weighted by molar-refractivity contribution is 5.28. The molecule has 1 nitrogen and oxygen atoms in total. The fourth-order valence-corrected chi connectivity index (χ4v) is 2.28. The standard InChI is InChI=1S/C15H22F3N/c1-11-7-4-5-9-14(11)13(3)19-12(2)8-6-10-15(16,17)18/h4-5,7,9,12-13,19H,6,8,10H2,1-3H3/t12?,13-/m0/s1. The second-order valence-corrected chi connectivity index (χ2v) is 5.15. The molecule has 0 bridgehead atoms. The molecule has 1 aromatic carbocycles. The van der Waals surface area contributed by atoms with Gasteiger partial charge in [0.05, 0.1) is 0 Å². The Morgan fingerprint density at radius 3 is 2.37 bits per heavy atom. The number of halogens is 3. The lowest BCUT2D eigenvalue weighted by Gasteiger charge is -2.22. The Balaban J connectivity index is 2.40. The first-order valence-electron chi connectivity index (χ1n) is 6.68. The van der Waals surface area contributed by atoms with Crippen LogP contribution in [0.15, 0.2) is 24.3 Å². The molecule has 0 saturated carbocycles. The van der Waals surface area contributed by atoms with E-state index in [0.717, 1.165) is 0 Å². The number of rotatable bonds is 6. The maximum absolute atomic E-state index is 12.1. The molecule has 0 saturated heterocycles. The van der Waals surface area contributed by atoms with Crippen LogP contribution >= 0.6 is 0 Å². The molecule has 0 aliphatic carbocycles. The van der Waals surface area contributed by atoms with Crippen molar-refractivity contribution in [2.45, 2.75) is 58.3 Å². The quantitative estimate of drug-likeness (QED) is 0.787. The highest BCUT2D eigenvalue weighted by Gasteiger charge is 2.26. The predicted octanol–water partition coefficient (Wildman–Crippen LogP) is 4.77. The highest BCUT2D eigenvalue weighted by Crippen LogP contribution is 2.23. The van der Waals surface area contributed by atoms with Gasteiger partial charge in [0.2, 0.25) is 0 Å². The van der Waals surface area contributed by atoms with Gasteiger partial charge in [0.15, 0.2) is 0 Å². The average Bonchev–Trinajstić information content (AvgIpc) is 2.27. The lowest BCUT2D eigenvalue weighted by Crippen LogP contribution is -2.29. The van der Waals surface area contributed by atoms with Gasteiger partial charge in [-0.1, -0.05) is 24.3 Å². The van der Waals surface area contributed by atoms with Crippen molar-refractivity contribution in [3.05, 3.63) is 35.4 Å². The SMILES string of the molecule is Cc1ccccc1[C@H](C)NC(C)CCCC(F)(F)F. The van der Waals surface area contributed by atoms with Crippen LogP contribution in [0.4, 0.5) is 13.2 Å². The van der Waals surface area contributed by atoms with Gasteiger partial charge in [-0.15, -0.1) is 0 Å². The Kier molecular flexibility index (Phi) is 5.85. The second-order valence-electron chi connectivity index (χ2n) is 5.15. The molecule has 0 aromatic heterocycles. The van der Waals surface area contributed by atoms with Gasteiger partial charge >= 0.3 is 6.18 Å². The third-order valence-electron chi connectivity index (χ3n) is 3.29. The van der Waals surface area contributed by atoms with Gasteiger partial charge in [-0.2, -0.15) is 13.2 Å². The fraction of sp³-hybridized carbons (Fsp3) is 0.600. The van der Waals surface area contributed by atoms with Crippen molar-refractivity contribution in [1.29, 1.82) is 0 Å². The lowest BCUT2D eigenvalue weighted by atomic mass is 10.0. The molecule has 1 unspecified atom stereocenters. The molecular formula is C15H22F3N. The van der Waals surface area contributed by atoms with E-state index >= 15 is 0 Å². The van der Waals surface area contributed by atoms with Gasteiger partial charge < -0.3 is 5.32 Å². The van der Waals surface area contributed by atoms with E-state index in [2.05, 4.69) is 11.4 Å². The normalized spacial score (nSPS) is 15.3. The maximum Gasteiger partial charge on any atom is 0.389 e. The van der Waals surface area contributed by atoms with Crippen LogP contribution in [-0.4, -0.2) is 12.2 Å². The number of hydrogen-bond donors (Lipinski definition) is 1. The largest absolute Gasteiger partial charge is 0.389 e. The van der Waals surface area contributed by atoms with Gasteiger partial charge in [-0.25, -0.2) is 0 Å². The Morgan fingerprint density at radius 2 is 1.79 bits per heavy atom. The molecule has 1 aromatic rings. The number of benzene rings is 1. The minimum absolute atomic E-state index is 0.0805. The topological polar surface area (TPSA) is 12.0 Å². The molecule has 0 aliphatic rings. The predicted molar refractivity (Wildman–Crippen MR) is 72.1 cm³/mol. The monoisotopic (exact) mass is 273 g/mol. The van der Waals surface area contributed by atoms with E-state index in [0.29, 0.717) is 6.42 Å². The van der Waals surface area contributed by atoms with Crippen LogP contribution in [0.3, 0.4) is 0 Å². The van der Waals surface area contributed by atoms with Gasteiger partial charge in [-0.05, 0) is 44.7 Å². The van der Waals surface area contributed by atoms with Gasteiger partial charge in [0, 0.05) is 18.5 Å². The highest BCUT2D eigenvalue weighted by atomic mass is 19.4. The molecule has 2 atom stereocenters. The summed E-state index contributed by atoms with van der Waals surface area (Å²) in [6.45, 7) is 6.02. The van der Waals surface area contributed by atoms with Gasteiger partial charge in [-0.3, -0.25) is 0 Å². The van der Waals surface area contributed by atoms with Crippen molar-refractivity contribution in [2.75, 3.05) is 0 Å². The van der Waals surface area contributed by atoms with Crippen molar-refractivity contribution in [3.8, 4) is 0 Å². The number of alkyl halides is 3. The Bertz CT molecular complexity index is 387. The molecule has 1 rings (SSSR count). The summed E-state index contributed by atoms with van der Waals surface area (Å²) in [7, 11) is 0. The fourth-order valence-electron chi connectivity index (χ4n) is 2.28. The first-order chi connectivity index (χ1) is 8.79. The zero-order valence-electron chi connectivity index (χ0n) is 11.7. The Morgan fingerprint density at radius 1 is 1.16 bits per heavy atom. The first kappa shape index (κ1) is 16.0. The maximum atomic E-state index is 12.1. The minimum atomic E-state index is -4.04. The Labute approximate surface area is 113 Å². The Hall–Kier alpha value is -1.03. The lowest BCUT2D eigenvalue weighted by molar-refractivity contribution is -0.135. The summed E-state index contributed by atoms with van der Waals surface area (Å²) in [6.07, 6.45) is -4.02. The molecule has 0 radical (unpaired) electrons. The summed E-state index contributed by atoms with van der Waals surface area (Å²) >= 11 is 0. The summed E-state index contributed by atoms with van der Waals surface area (Å²) in [5, 5.41) is 3.36. The van der Waals surface area contributed by atoms with Gasteiger partial charge in [0.1, 0.15) is 0 Å². The van der Waals surface area contributed by atoms with E-state index in [1.54, 1.807) is 0 Å². The molecule has 19 heavy (non-hydrogen) atoms. The van der Waals surface area contributed by atoms with Crippen LogP contribution in [0, 0.1) is 6.92 Å². The third kappa shape index (κ3) is 6.10. The number of nitrogens with one attached hydrogen (secondary N) is 1. The molecular weight excluding hydrogens is 251 g/mol. The van der Waals surface area contributed by atoms with Crippen LogP contribution in [0.2, 0.25) is 0 Å². The van der Waals surface area contributed by atoms with E-state index in [1.165, 1.54) is 11.1 Å². The summed E-state index contributed by atoms with van der Waals surface area (Å²) in [4.78, 5) is 0. The molecule has 0 amide bonds. The summed E-state index contributed by atoms with van der Waals surface area (Å²) in [6, 6.07) is 8.30. The molecule has 0 spiro atoms. The number of aryl methyl sites for hydroxylation is 1. The van der Waals surface area contributed by atoms with E-state index < -0.39 is 12.6 Å². The summed E-state index contributed by atoms with van der Waals surface area (Å²) in [5.74, 6) is 0. The van der Waals surface area contributed by atoms with Gasteiger partial charge in [0.25, 0.3) is 0 Å². The third-order valence-corrected chi connectivity index (χ3v) is 3.29. The molecule has 0 fully saturated rings. The zero-order valence-corrected chi connectivity index (χ0v) is 11.7. The van der Waals surface area contributed by atoms with E-state index in [4.69, 9.17) is 0 Å². The van der Waals surface area contributed by atoms with Crippen LogP contribution in [0.5, 0.6) is 0 Å². The summed E-state index contributed by atoms with van der Waals surface area (Å²) in [5.41, 5.74) is 2.40. The van der Waals surface area contributed by atoms with Crippen LogP contribution < -0.4 is 5.32 Å². The van der Waals surface area contributed by atoms with Crippen LogP contribution in [-0.2, 0) is 0 Å². The first-order valence-corrected chi connectivity index (χ1v) is 6.68. The van der Waals surface area contributed by atoms with E-state index in [-0.39, 0.29) is 18.5 Å². The molecule has 1 N–H and O–H groups in total. The van der Waals surface area contributed by atoms with E-state index in [1.807, 2.05) is 39.0 Å². The van der Waals surface area contributed by atoms with Crippen molar-refractivity contribution in [1.82, 2.24) is 5.32 Å². The molecule has 0 aliphatic heterocycles. The zero-order chi connectivity index (χ0) is 14.5. The van der Waals surface area contributed by atoms with Crippen LogP contribution in [0.1, 0.15) is 50.3 Å². The van der Waals surface area contributed by atoms with E-state index in [9.17, 15) is 13.2 Å². The van der Waals surface area contributed by atoms with Crippen molar-refractivity contribution >= 4 is 0 Å². The molecule has 0 heterocycles. The van der Waals surface area contributed by atoms with Crippen molar-refractivity contribution in [2.24, 2.45) is 0 Å². The average molecular weight is 273 g/mol. The summed E-state index contributed by atoms with van der Waals surface area (Å²) < 4.78 is 36.2. The van der Waals surface area contributed by atoms with Crippen LogP contribution in [0.25, 0.3) is 0 Å². The van der Waals surface area contributed by atoms with Crippen molar-refractivity contribution in [3.63, 3.8) is 0 Å². The smallest absolute Gasteiger partial charge is 0.308 e. The molecule has 108 valence electrons.